The Balaban J connectivity index is 2.60. The Morgan fingerprint density at radius 1 is 1.56 bits per heavy atom. The van der Waals surface area contributed by atoms with Gasteiger partial charge in [-0.1, -0.05) is 0 Å². The van der Waals surface area contributed by atoms with Crippen molar-refractivity contribution in [3.05, 3.63) is 27.9 Å². The normalized spacial score (nSPS) is 10.1. The summed E-state index contributed by atoms with van der Waals surface area (Å²) in [4.78, 5) is 25.5. The summed E-state index contributed by atoms with van der Waals surface area (Å²) in [6.07, 6.45) is 0.228. The zero-order chi connectivity index (χ0) is 13.5. The first-order valence-corrected chi connectivity index (χ1v) is 5.54. The minimum atomic E-state index is -0.511. The number of rotatable bonds is 6. The fraction of sp³-hybridized carbons (Fsp3) is 0.455. The average molecular weight is 253 g/mol. The smallest absolute Gasteiger partial charge is 0.290 e. The Kier molecular flexibility index (Phi) is 5.19. The topological polar surface area (TPSA) is 94.4 Å². The first-order valence-electron chi connectivity index (χ1n) is 5.54. The van der Waals surface area contributed by atoms with E-state index in [2.05, 4.69) is 10.3 Å². The van der Waals surface area contributed by atoms with Crippen LogP contribution in [-0.2, 0) is 9.53 Å². The molecule has 7 heteroatoms. The number of aromatic nitrogens is 1. The molecule has 0 unspecified atom stereocenters. The fourth-order valence-electron chi connectivity index (χ4n) is 1.33. The van der Waals surface area contributed by atoms with E-state index in [1.807, 2.05) is 6.92 Å². The van der Waals surface area contributed by atoms with E-state index < -0.39 is 4.92 Å². The Morgan fingerprint density at radius 2 is 2.28 bits per heavy atom. The van der Waals surface area contributed by atoms with Crippen molar-refractivity contribution in [3.63, 3.8) is 0 Å². The molecule has 1 aromatic heterocycles. The highest BCUT2D eigenvalue weighted by Crippen LogP contribution is 2.17. The largest absolute Gasteiger partial charge is 0.381 e. The molecule has 98 valence electrons. The third-order valence-corrected chi connectivity index (χ3v) is 2.20. The van der Waals surface area contributed by atoms with Gasteiger partial charge in [0.2, 0.25) is 5.91 Å². The highest BCUT2D eigenvalue weighted by atomic mass is 16.6. The molecular weight excluding hydrogens is 238 g/mol. The molecule has 0 fully saturated rings. The maximum Gasteiger partial charge on any atom is 0.290 e. The second-order valence-corrected chi connectivity index (χ2v) is 3.55. The first kappa shape index (κ1) is 14.0. The fourth-order valence-corrected chi connectivity index (χ4v) is 1.33. The van der Waals surface area contributed by atoms with Crippen LogP contribution >= 0.6 is 0 Å². The lowest BCUT2D eigenvalue weighted by Gasteiger charge is -2.05. The zero-order valence-corrected chi connectivity index (χ0v) is 10.3. The van der Waals surface area contributed by atoms with Crippen LogP contribution < -0.4 is 5.32 Å². The van der Waals surface area contributed by atoms with Crippen molar-refractivity contribution in [3.8, 4) is 0 Å². The van der Waals surface area contributed by atoms with Gasteiger partial charge in [-0.05, 0) is 19.9 Å². The molecule has 0 saturated heterocycles. The predicted octanol–water partition coefficient (Wildman–Crippen LogP) is 1.66. The summed E-state index contributed by atoms with van der Waals surface area (Å²) in [5, 5.41) is 13.1. The lowest BCUT2D eigenvalue weighted by atomic mass is 10.3. The van der Waals surface area contributed by atoms with Gasteiger partial charge in [-0.2, -0.15) is 0 Å². The number of hydrogen-bond donors (Lipinski definition) is 1. The summed E-state index contributed by atoms with van der Waals surface area (Å²) < 4.78 is 5.05. The molecule has 0 radical (unpaired) electrons. The molecule has 1 heterocycles. The van der Waals surface area contributed by atoms with Crippen molar-refractivity contribution in [1.29, 1.82) is 0 Å². The molecule has 18 heavy (non-hydrogen) atoms. The molecule has 7 nitrogen and oxygen atoms in total. The van der Waals surface area contributed by atoms with Gasteiger partial charge in [-0.25, -0.2) is 4.98 Å². The van der Waals surface area contributed by atoms with Gasteiger partial charge in [0.15, 0.2) is 0 Å². The third-order valence-electron chi connectivity index (χ3n) is 2.20. The van der Waals surface area contributed by atoms with Gasteiger partial charge in [-0.15, -0.1) is 0 Å². The molecule has 1 rings (SSSR count). The molecule has 0 atom stereocenters. The minimum Gasteiger partial charge on any atom is -0.381 e. The highest BCUT2D eigenvalue weighted by Gasteiger charge is 2.12. The SMILES string of the molecule is CCOCCC(=O)Nc1ccc([N+](=O)[O-])c(C)n1. The van der Waals surface area contributed by atoms with Gasteiger partial charge in [-0.3, -0.25) is 14.9 Å². The van der Waals surface area contributed by atoms with Crippen LogP contribution in [0.5, 0.6) is 0 Å². The van der Waals surface area contributed by atoms with Gasteiger partial charge in [0.1, 0.15) is 11.5 Å². The zero-order valence-electron chi connectivity index (χ0n) is 10.3. The van der Waals surface area contributed by atoms with Gasteiger partial charge in [0, 0.05) is 12.7 Å². The van der Waals surface area contributed by atoms with Crippen molar-refractivity contribution in [2.45, 2.75) is 20.3 Å². The Bertz CT molecular complexity index is 448. The van der Waals surface area contributed by atoms with E-state index in [1.54, 1.807) is 0 Å². The number of nitro groups is 1. The summed E-state index contributed by atoms with van der Waals surface area (Å²) >= 11 is 0. The van der Waals surface area contributed by atoms with Crippen molar-refractivity contribution in [1.82, 2.24) is 4.98 Å². The predicted molar refractivity (Wildman–Crippen MR) is 65.4 cm³/mol. The number of amides is 1. The molecule has 0 aliphatic heterocycles. The van der Waals surface area contributed by atoms with Crippen molar-refractivity contribution in [2.75, 3.05) is 18.5 Å². The van der Waals surface area contributed by atoms with Crippen LogP contribution in [-0.4, -0.2) is 29.0 Å². The maximum absolute atomic E-state index is 11.5. The Morgan fingerprint density at radius 3 is 2.83 bits per heavy atom. The van der Waals surface area contributed by atoms with Gasteiger partial charge >= 0.3 is 0 Å². The quantitative estimate of drug-likeness (QED) is 0.472. The van der Waals surface area contributed by atoms with Gasteiger partial charge < -0.3 is 10.1 Å². The molecule has 0 spiro atoms. The average Bonchev–Trinajstić information content (AvgIpc) is 2.28. The molecule has 1 N–H and O–H groups in total. The van der Waals surface area contributed by atoms with Crippen molar-refractivity contribution in [2.24, 2.45) is 0 Å². The summed E-state index contributed by atoms with van der Waals surface area (Å²) in [7, 11) is 0. The van der Waals surface area contributed by atoms with Crippen LogP contribution in [0.4, 0.5) is 11.5 Å². The van der Waals surface area contributed by atoms with E-state index in [0.717, 1.165) is 0 Å². The standard InChI is InChI=1S/C11H15N3O4/c1-3-18-7-6-11(15)13-10-5-4-9(14(16)17)8(2)12-10/h4-5H,3,6-7H2,1-2H3,(H,12,13,15). The number of ether oxygens (including phenoxy) is 1. The van der Waals surface area contributed by atoms with Crippen molar-refractivity contribution < 1.29 is 14.5 Å². The molecule has 1 amide bonds. The molecule has 1 aromatic rings. The Hall–Kier alpha value is -2.02. The number of carbonyl (C=O) groups excluding carboxylic acids is 1. The lowest BCUT2D eigenvalue weighted by Crippen LogP contribution is -2.15. The number of pyridine rings is 1. The number of nitrogens with zero attached hydrogens (tertiary/aromatic N) is 2. The molecule has 0 aliphatic carbocycles. The van der Waals surface area contributed by atoms with E-state index in [1.165, 1.54) is 19.1 Å². The monoisotopic (exact) mass is 253 g/mol. The number of carbonyl (C=O) groups is 1. The summed E-state index contributed by atoms with van der Waals surface area (Å²) in [5.74, 6) is 0.0730. The van der Waals surface area contributed by atoms with Crippen LogP contribution in [0, 0.1) is 17.0 Å². The number of anilines is 1. The molecule has 0 aromatic carbocycles. The first-order chi connectivity index (χ1) is 8.54. The minimum absolute atomic E-state index is 0.0673. The second kappa shape index (κ2) is 6.65. The lowest BCUT2D eigenvalue weighted by molar-refractivity contribution is -0.385. The summed E-state index contributed by atoms with van der Waals surface area (Å²) in [5.41, 5.74) is 0.199. The van der Waals surface area contributed by atoms with E-state index in [9.17, 15) is 14.9 Å². The van der Waals surface area contributed by atoms with Gasteiger partial charge in [0.05, 0.1) is 18.0 Å². The molecule has 0 aliphatic rings. The second-order valence-electron chi connectivity index (χ2n) is 3.55. The van der Waals surface area contributed by atoms with Crippen LogP contribution in [0.1, 0.15) is 19.0 Å². The van der Waals surface area contributed by atoms with E-state index >= 15 is 0 Å². The maximum atomic E-state index is 11.5. The number of hydrogen-bond acceptors (Lipinski definition) is 5. The number of nitrogens with one attached hydrogen (secondary N) is 1. The van der Waals surface area contributed by atoms with Crippen LogP contribution in [0.3, 0.4) is 0 Å². The third kappa shape index (κ3) is 4.10. The van der Waals surface area contributed by atoms with Crippen LogP contribution in [0.15, 0.2) is 12.1 Å². The Labute approximate surface area is 104 Å². The molecular formula is C11H15N3O4. The van der Waals surface area contributed by atoms with Crippen LogP contribution in [0.25, 0.3) is 0 Å². The highest BCUT2D eigenvalue weighted by molar-refractivity contribution is 5.89. The van der Waals surface area contributed by atoms with E-state index in [4.69, 9.17) is 4.74 Å². The molecule has 0 bridgehead atoms. The van der Waals surface area contributed by atoms with E-state index in [-0.39, 0.29) is 23.7 Å². The molecule has 0 saturated carbocycles. The van der Waals surface area contributed by atoms with Crippen molar-refractivity contribution >= 4 is 17.4 Å². The van der Waals surface area contributed by atoms with E-state index in [0.29, 0.717) is 19.0 Å². The summed E-state index contributed by atoms with van der Waals surface area (Å²) in [6.45, 7) is 4.27. The van der Waals surface area contributed by atoms with Gasteiger partial charge in [0.25, 0.3) is 5.69 Å². The number of aryl methyl sites for hydroxylation is 1. The van der Waals surface area contributed by atoms with Crippen LogP contribution in [0.2, 0.25) is 0 Å². The summed E-state index contributed by atoms with van der Waals surface area (Å²) in [6, 6.07) is 2.73.